The molecule has 3 aromatic rings. The van der Waals surface area contributed by atoms with E-state index in [1.165, 1.54) is 18.7 Å². The van der Waals surface area contributed by atoms with Gasteiger partial charge in [0, 0.05) is 26.2 Å². The molecule has 0 fully saturated rings. The van der Waals surface area contributed by atoms with Gasteiger partial charge in [-0.2, -0.15) is 0 Å². The van der Waals surface area contributed by atoms with Crippen molar-refractivity contribution in [3.05, 3.63) is 45.1 Å². The molecule has 0 aliphatic rings. The third-order valence-electron chi connectivity index (χ3n) is 4.20. The smallest absolute Gasteiger partial charge is 0.332 e. The zero-order chi connectivity index (χ0) is 19.6. The maximum Gasteiger partial charge on any atom is 0.332 e. The van der Waals surface area contributed by atoms with E-state index < -0.39 is 11.2 Å². The molecule has 0 saturated carbocycles. The predicted octanol–water partition coefficient (Wildman–Crippen LogP) is 0.420. The highest BCUT2D eigenvalue weighted by molar-refractivity contribution is 5.71. The van der Waals surface area contributed by atoms with Crippen LogP contribution in [0.5, 0.6) is 5.75 Å². The Morgan fingerprint density at radius 1 is 1.04 bits per heavy atom. The van der Waals surface area contributed by atoms with Crippen molar-refractivity contribution in [2.75, 3.05) is 27.2 Å². The lowest BCUT2D eigenvalue weighted by molar-refractivity contribution is 0.281. The van der Waals surface area contributed by atoms with Crippen molar-refractivity contribution >= 4 is 11.2 Å². The van der Waals surface area contributed by atoms with Gasteiger partial charge in [-0.1, -0.05) is 0 Å². The van der Waals surface area contributed by atoms with E-state index in [1.807, 2.05) is 38.4 Å². The van der Waals surface area contributed by atoms with Gasteiger partial charge < -0.3 is 9.64 Å². The zero-order valence-electron chi connectivity index (χ0n) is 15.8. The van der Waals surface area contributed by atoms with Gasteiger partial charge in [-0.3, -0.25) is 13.9 Å². The van der Waals surface area contributed by atoms with Gasteiger partial charge in [-0.15, -0.1) is 10.2 Å². The van der Waals surface area contributed by atoms with Gasteiger partial charge >= 0.3 is 5.69 Å². The topological polar surface area (TPSA) is 95.1 Å². The molecule has 9 nitrogen and oxygen atoms in total. The molecule has 0 amide bonds. The molecular formula is C18H22N6O3. The van der Waals surface area contributed by atoms with E-state index in [0.29, 0.717) is 18.0 Å². The molecule has 2 aromatic heterocycles. The molecule has 27 heavy (non-hydrogen) atoms. The molecule has 0 atom stereocenters. The second kappa shape index (κ2) is 7.67. The van der Waals surface area contributed by atoms with E-state index in [-0.39, 0.29) is 11.2 Å². The van der Waals surface area contributed by atoms with Crippen molar-refractivity contribution in [2.45, 2.75) is 6.42 Å². The molecular weight excluding hydrogens is 348 g/mol. The van der Waals surface area contributed by atoms with Crippen LogP contribution in [0.3, 0.4) is 0 Å². The molecule has 0 bridgehead atoms. The lowest BCUT2D eigenvalue weighted by Crippen LogP contribution is -2.38. The molecule has 3 rings (SSSR count). The average molecular weight is 370 g/mol. The highest BCUT2D eigenvalue weighted by atomic mass is 16.5. The molecule has 0 spiro atoms. The first kappa shape index (κ1) is 18.7. The number of hydrogen-bond acceptors (Lipinski definition) is 7. The maximum atomic E-state index is 12.3. The van der Waals surface area contributed by atoms with Crippen LogP contribution in [0, 0.1) is 0 Å². The third-order valence-corrected chi connectivity index (χ3v) is 4.20. The minimum absolute atomic E-state index is 0.105. The lowest BCUT2D eigenvalue weighted by atomic mass is 10.2. The van der Waals surface area contributed by atoms with Crippen LogP contribution in [0.1, 0.15) is 6.42 Å². The van der Waals surface area contributed by atoms with Crippen LogP contribution in [0.25, 0.3) is 22.6 Å². The summed E-state index contributed by atoms with van der Waals surface area (Å²) in [6.45, 7) is 1.60. The van der Waals surface area contributed by atoms with Crippen molar-refractivity contribution in [1.82, 2.24) is 29.2 Å². The SMILES string of the molecule is CN(C)CCCOc1ccc(-c2nnc3c(n2)c(=O)n(C)c(=O)n3C)cc1. The Labute approximate surface area is 155 Å². The van der Waals surface area contributed by atoms with Crippen molar-refractivity contribution in [1.29, 1.82) is 0 Å². The first-order valence-corrected chi connectivity index (χ1v) is 8.57. The van der Waals surface area contributed by atoms with Crippen molar-refractivity contribution in [2.24, 2.45) is 14.1 Å². The van der Waals surface area contributed by atoms with Crippen molar-refractivity contribution in [3.8, 4) is 17.1 Å². The molecule has 0 saturated heterocycles. The summed E-state index contributed by atoms with van der Waals surface area (Å²) < 4.78 is 7.97. The summed E-state index contributed by atoms with van der Waals surface area (Å²) in [7, 11) is 6.99. The minimum Gasteiger partial charge on any atom is -0.494 e. The Kier molecular flexibility index (Phi) is 5.31. The van der Waals surface area contributed by atoms with Crippen LogP contribution < -0.4 is 16.0 Å². The standard InChI is InChI=1S/C18H22N6O3/c1-22(2)10-5-11-27-13-8-6-12(7-9-13)15-19-14-16(21-20-15)23(3)18(26)24(4)17(14)25/h6-9H,5,10-11H2,1-4H3. The first-order chi connectivity index (χ1) is 12.9. The average Bonchev–Trinajstić information content (AvgIpc) is 2.68. The molecule has 0 unspecified atom stereocenters. The molecule has 0 aliphatic heterocycles. The third kappa shape index (κ3) is 3.87. The summed E-state index contributed by atoms with van der Waals surface area (Å²) in [6, 6.07) is 7.29. The number of nitrogens with zero attached hydrogens (tertiary/aromatic N) is 6. The Morgan fingerprint density at radius 3 is 2.41 bits per heavy atom. The van der Waals surface area contributed by atoms with Gasteiger partial charge in [0.25, 0.3) is 5.56 Å². The van der Waals surface area contributed by atoms with Gasteiger partial charge in [-0.25, -0.2) is 9.78 Å². The van der Waals surface area contributed by atoms with Crippen LogP contribution >= 0.6 is 0 Å². The Hall–Kier alpha value is -3.07. The normalized spacial score (nSPS) is 11.3. The number of ether oxygens (including phenoxy) is 1. The Morgan fingerprint density at radius 2 is 1.74 bits per heavy atom. The summed E-state index contributed by atoms with van der Waals surface area (Å²) in [5.74, 6) is 1.07. The quantitative estimate of drug-likeness (QED) is 0.580. The van der Waals surface area contributed by atoms with Crippen molar-refractivity contribution < 1.29 is 4.74 Å². The molecule has 0 aliphatic carbocycles. The number of aromatic nitrogens is 5. The highest BCUT2D eigenvalue weighted by Gasteiger charge is 2.13. The Balaban J connectivity index is 1.85. The van der Waals surface area contributed by atoms with Crippen molar-refractivity contribution in [3.63, 3.8) is 0 Å². The summed E-state index contributed by atoms with van der Waals surface area (Å²) in [4.78, 5) is 30.7. The van der Waals surface area contributed by atoms with Gasteiger partial charge in [0.1, 0.15) is 5.75 Å². The fraction of sp³-hybridized carbons (Fsp3) is 0.389. The largest absolute Gasteiger partial charge is 0.494 e. The van der Waals surface area contributed by atoms with Gasteiger partial charge in [0.2, 0.25) is 0 Å². The number of benzene rings is 1. The van der Waals surface area contributed by atoms with E-state index in [9.17, 15) is 9.59 Å². The van der Waals surface area contributed by atoms with E-state index >= 15 is 0 Å². The number of aryl methyl sites for hydroxylation is 1. The summed E-state index contributed by atoms with van der Waals surface area (Å²) in [5, 5.41) is 8.08. The number of rotatable bonds is 6. The van der Waals surface area contributed by atoms with Crippen LogP contribution in [-0.2, 0) is 14.1 Å². The first-order valence-electron chi connectivity index (χ1n) is 8.57. The summed E-state index contributed by atoms with van der Waals surface area (Å²) in [6.07, 6.45) is 0.939. The number of fused-ring (bicyclic) bond motifs is 1. The fourth-order valence-corrected chi connectivity index (χ4v) is 2.64. The summed E-state index contributed by atoms with van der Waals surface area (Å²) >= 11 is 0. The molecule has 0 N–H and O–H groups in total. The zero-order valence-corrected chi connectivity index (χ0v) is 15.8. The molecule has 9 heteroatoms. The summed E-state index contributed by atoms with van der Waals surface area (Å²) in [5.41, 5.74) is 0.0134. The number of hydrogen-bond donors (Lipinski definition) is 0. The Bertz CT molecular complexity index is 1070. The lowest BCUT2D eigenvalue weighted by Gasteiger charge is -2.10. The molecule has 2 heterocycles. The second-order valence-electron chi connectivity index (χ2n) is 6.54. The van der Waals surface area contributed by atoms with Gasteiger partial charge in [0.05, 0.1) is 6.61 Å². The predicted molar refractivity (Wildman–Crippen MR) is 102 cm³/mol. The van der Waals surface area contributed by atoms with Crippen LogP contribution in [-0.4, -0.2) is 56.5 Å². The van der Waals surface area contributed by atoms with E-state index in [2.05, 4.69) is 20.1 Å². The highest BCUT2D eigenvalue weighted by Crippen LogP contribution is 2.19. The van der Waals surface area contributed by atoms with Gasteiger partial charge in [0.15, 0.2) is 17.0 Å². The van der Waals surface area contributed by atoms with E-state index in [0.717, 1.165) is 23.3 Å². The van der Waals surface area contributed by atoms with Crippen LogP contribution in [0.2, 0.25) is 0 Å². The van der Waals surface area contributed by atoms with E-state index in [4.69, 9.17) is 4.74 Å². The molecule has 0 radical (unpaired) electrons. The van der Waals surface area contributed by atoms with Crippen LogP contribution in [0.15, 0.2) is 33.9 Å². The fourth-order valence-electron chi connectivity index (χ4n) is 2.64. The minimum atomic E-state index is -0.495. The van der Waals surface area contributed by atoms with E-state index in [1.54, 1.807) is 0 Å². The molecule has 142 valence electrons. The molecule has 1 aromatic carbocycles. The second-order valence-corrected chi connectivity index (χ2v) is 6.54. The monoisotopic (exact) mass is 370 g/mol. The van der Waals surface area contributed by atoms with Gasteiger partial charge in [-0.05, 0) is 44.8 Å². The maximum absolute atomic E-state index is 12.3. The van der Waals surface area contributed by atoms with Crippen LogP contribution in [0.4, 0.5) is 0 Å².